The molecule has 1 aliphatic carbocycles. The Morgan fingerprint density at radius 3 is 2.84 bits per heavy atom. The molecule has 104 valence electrons. The van der Waals surface area contributed by atoms with Crippen molar-refractivity contribution in [3.8, 4) is 0 Å². The van der Waals surface area contributed by atoms with E-state index in [-0.39, 0.29) is 11.8 Å². The van der Waals surface area contributed by atoms with Gasteiger partial charge in [-0.05, 0) is 30.4 Å². The number of nitro benzene ring substituents is 1. The van der Waals surface area contributed by atoms with E-state index in [1.807, 2.05) is 6.07 Å². The summed E-state index contributed by atoms with van der Waals surface area (Å²) >= 11 is 3.28. The summed E-state index contributed by atoms with van der Waals surface area (Å²) in [5, 5.41) is 23.7. The first-order valence-corrected chi connectivity index (χ1v) is 7.18. The molecule has 0 heterocycles. The first-order chi connectivity index (χ1) is 9.06. The van der Waals surface area contributed by atoms with Crippen LogP contribution < -0.4 is 5.32 Å². The van der Waals surface area contributed by atoms with Crippen molar-refractivity contribution >= 4 is 21.6 Å². The fourth-order valence-electron chi connectivity index (χ4n) is 2.50. The Morgan fingerprint density at radius 2 is 2.21 bits per heavy atom. The van der Waals surface area contributed by atoms with E-state index in [0.717, 1.165) is 31.4 Å². The molecule has 0 radical (unpaired) electrons. The van der Waals surface area contributed by atoms with Crippen molar-refractivity contribution in [1.82, 2.24) is 5.32 Å². The highest BCUT2D eigenvalue weighted by molar-refractivity contribution is 9.10. The molecule has 1 saturated carbocycles. The Balaban J connectivity index is 1.90. The zero-order chi connectivity index (χ0) is 13.8. The summed E-state index contributed by atoms with van der Waals surface area (Å²) in [4.78, 5) is 10.4. The lowest BCUT2D eigenvalue weighted by atomic mass is 10.1. The highest BCUT2D eigenvalue weighted by Crippen LogP contribution is 2.25. The molecule has 0 amide bonds. The van der Waals surface area contributed by atoms with Crippen LogP contribution in [0.5, 0.6) is 0 Å². The van der Waals surface area contributed by atoms with Crippen LogP contribution in [-0.2, 0) is 6.54 Å². The lowest BCUT2D eigenvalue weighted by molar-refractivity contribution is -0.385. The quantitative estimate of drug-likeness (QED) is 0.643. The van der Waals surface area contributed by atoms with E-state index in [1.165, 1.54) is 6.07 Å². The molecule has 1 aliphatic rings. The Morgan fingerprint density at radius 1 is 1.42 bits per heavy atom. The van der Waals surface area contributed by atoms with Crippen molar-refractivity contribution in [2.24, 2.45) is 5.92 Å². The Hall–Kier alpha value is -0.980. The van der Waals surface area contributed by atoms with Crippen LogP contribution in [0.3, 0.4) is 0 Å². The molecule has 2 rings (SSSR count). The molecule has 2 unspecified atom stereocenters. The largest absolute Gasteiger partial charge is 0.393 e. The van der Waals surface area contributed by atoms with Gasteiger partial charge in [0.05, 0.1) is 11.0 Å². The molecule has 1 fully saturated rings. The van der Waals surface area contributed by atoms with Crippen LogP contribution in [0.1, 0.15) is 24.8 Å². The van der Waals surface area contributed by atoms with Crippen molar-refractivity contribution in [3.05, 3.63) is 38.3 Å². The Labute approximate surface area is 120 Å². The SMILES string of the molecule is O=[N+]([O-])c1cc(Br)cc(CNCC2CCCC2O)c1. The number of rotatable bonds is 5. The minimum atomic E-state index is -0.394. The summed E-state index contributed by atoms with van der Waals surface area (Å²) in [5.74, 6) is 0.308. The van der Waals surface area contributed by atoms with Gasteiger partial charge in [0.15, 0.2) is 0 Å². The minimum absolute atomic E-state index is 0.0899. The normalized spacial score (nSPS) is 22.6. The summed E-state index contributed by atoms with van der Waals surface area (Å²) in [6.45, 7) is 1.32. The summed E-state index contributed by atoms with van der Waals surface area (Å²) in [5.41, 5.74) is 0.959. The van der Waals surface area contributed by atoms with Crippen molar-refractivity contribution in [2.75, 3.05) is 6.54 Å². The molecule has 0 bridgehead atoms. The third-order valence-corrected chi connectivity index (χ3v) is 3.97. The average Bonchev–Trinajstić information content (AvgIpc) is 2.74. The van der Waals surface area contributed by atoms with Crippen molar-refractivity contribution in [3.63, 3.8) is 0 Å². The van der Waals surface area contributed by atoms with Crippen LogP contribution in [0.2, 0.25) is 0 Å². The third-order valence-electron chi connectivity index (χ3n) is 3.51. The van der Waals surface area contributed by atoms with Crippen LogP contribution in [0.15, 0.2) is 22.7 Å². The number of hydrogen-bond acceptors (Lipinski definition) is 4. The zero-order valence-corrected chi connectivity index (χ0v) is 12.1. The van der Waals surface area contributed by atoms with Gasteiger partial charge in [-0.2, -0.15) is 0 Å². The van der Waals surface area contributed by atoms with Crippen molar-refractivity contribution in [1.29, 1.82) is 0 Å². The molecule has 1 aromatic carbocycles. The number of benzene rings is 1. The predicted molar refractivity (Wildman–Crippen MR) is 75.9 cm³/mol. The van der Waals surface area contributed by atoms with E-state index in [4.69, 9.17) is 0 Å². The first-order valence-electron chi connectivity index (χ1n) is 6.39. The number of aliphatic hydroxyl groups excluding tert-OH is 1. The van der Waals surface area contributed by atoms with Gasteiger partial charge in [-0.3, -0.25) is 10.1 Å². The van der Waals surface area contributed by atoms with Crippen LogP contribution in [0.4, 0.5) is 5.69 Å². The van der Waals surface area contributed by atoms with E-state index in [9.17, 15) is 15.2 Å². The second-order valence-electron chi connectivity index (χ2n) is 4.96. The van der Waals surface area contributed by atoms with Gasteiger partial charge in [0.1, 0.15) is 0 Å². The zero-order valence-electron chi connectivity index (χ0n) is 10.5. The van der Waals surface area contributed by atoms with Gasteiger partial charge in [-0.15, -0.1) is 0 Å². The number of halogens is 1. The monoisotopic (exact) mass is 328 g/mol. The van der Waals surface area contributed by atoms with E-state index in [0.29, 0.717) is 16.9 Å². The van der Waals surface area contributed by atoms with Gasteiger partial charge in [0.25, 0.3) is 5.69 Å². The maximum absolute atomic E-state index is 10.8. The lowest BCUT2D eigenvalue weighted by Crippen LogP contribution is -2.27. The number of hydrogen-bond donors (Lipinski definition) is 2. The highest BCUT2D eigenvalue weighted by atomic mass is 79.9. The van der Waals surface area contributed by atoms with Crippen LogP contribution in [0, 0.1) is 16.0 Å². The molecule has 0 spiro atoms. The fraction of sp³-hybridized carbons (Fsp3) is 0.538. The van der Waals surface area contributed by atoms with Crippen LogP contribution in [-0.4, -0.2) is 22.7 Å². The Kier molecular flexibility index (Phi) is 4.90. The lowest BCUT2D eigenvalue weighted by Gasteiger charge is -2.15. The molecular weight excluding hydrogens is 312 g/mol. The number of non-ortho nitro benzene ring substituents is 1. The maximum Gasteiger partial charge on any atom is 0.270 e. The summed E-state index contributed by atoms with van der Waals surface area (Å²) in [7, 11) is 0. The standard InChI is InChI=1S/C13H17BrN2O3/c14-11-4-9(5-12(6-11)16(18)19)7-15-8-10-2-1-3-13(10)17/h4-6,10,13,15,17H,1-3,7-8H2. The van der Waals surface area contributed by atoms with Crippen LogP contribution >= 0.6 is 15.9 Å². The first kappa shape index (κ1) is 14.4. The molecule has 2 atom stereocenters. The summed E-state index contributed by atoms with van der Waals surface area (Å²) in [6.07, 6.45) is 2.81. The van der Waals surface area contributed by atoms with E-state index in [2.05, 4.69) is 21.2 Å². The summed E-state index contributed by atoms with van der Waals surface area (Å²) in [6, 6.07) is 4.93. The second-order valence-corrected chi connectivity index (χ2v) is 5.88. The smallest absolute Gasteiger partial charge is 0.270 e. The highest BCUT2D eigenvalue weighted by Gasteiger charge is 2.24. The minimum Gasteiger partial charge on any atom is -0.393 e. The Bertz CT molecular complexity index is 467. The molecule has 2 N–H and O–H groups in total. The molecule has 5 nitrogen and oxygen atoms in total. The van der Waals surface area contributed by atoms with Gasteiger partial charge in [0, 0.05) is 29.7 Å². The third kappa shape index (κ3) is 3.99. The molecule has 0 aromatic heterocycles. The predicted octanol–water partition coefficient (Wildman–Crippen LogP) is 2.61. The van der Waals surface area contributed by atoms with E-state index in [1.54, 1.807) is 6.07 Å². The topological polar surface area (TPSA) is 75.4 Å². The van der Waals surface area contributed by atoms with Gasteiger partial charge in [-0.25, -0.2) is 0 Å². The van der Waals surface area contributed by atoms with Gasteiger partial charge >= 0.3 is 0 Å². The second kappa shape index (κ2) is 6.45. The number of aliphatic hydroxyl groups is 1. The molecule has 6 heteroatoms. The molecular formula is C13H17BrN2O3. The van der Waals surface area contributed by atoms with Crippen molar-refractivity contribution in [2.45, 2.75) is 31.9 Å². The molecule has 0 aliphatic heterocycles. The van der Waals surface area contributed by atoms with Crippen molar-refractivity contribution < 1.29 is 10.0 Å². The van der Waals surface area contributed by atoms with E-state index < -0.39 is 4.92 Å². The fourth-order valence-corrected chi connectivity index (χ4v) is 3.03. The average molecular weight is 329 g/mol. The molecule has 19 heavy (non-hydrogen) atoms. The van der Waals surface area contributed by atoms with Crippen LogP contribution in [0.25, 0.3) is 0 Å². The molecule has 1 aromatic rings. The van der Waals surface area contributed by atoms with Gasteiger partial charge in [-0.1, -0.05) is 22.4 Å². The van der Waals surface area contributed by atoms with E-state index >= 15 is 0 Å². The molecule has 0 saturated heterocycles. The summed E-state index contributed by atoms with van der Waals surface area (Å²) < 4.78 is 0.708. The maximum atomic E-state index is 10.8. The van der Waals surface area contributed by atoms with Gasteiger partial charge in [0.2, 0.25) is 0 Å². The van der Waals surface area contributed by atoms with Gasteiger partial charge < -0.3 is 10.4 Å². The number of nitrogens with zero attached hydrogens (tertiary/aromatic N) is 1. The number of nitrogens with one attached hydrogen (secondary N) is 1. The number of nitro groups is 1.